The van der Waals surface area contributed by atoms with Crippen LogP contribution in [-0.2, 0) is 38.1 Å². The minimum Gasteiger partial charge on any atom is -2.00 e. The molecule has 0 fully saturated rings. The predicted octanol–water partition coefficient (Wildman–Crippen LogP) is -1.30. The van der Waals surface area contributed by atoms with E-state index < -0.39 is 0 Å². The van der Waals surface area contributed by atoms with Gasteiger partial charge >= 0.3 is 61.7 Å². The Kier molecular flexibility index (Phi) is 2640. The average Bonchev–Trinajstić information content (AvgIpc) is 0. The fourth-order valence-electron chi connectivity index (χ4n) is 0. The van der Waals surface area contributed by atoms with Gasteiger partial charge in [0, 0.05) is 0 Å². The Bertz CT molecular complexity index is 12.4. The van der Waals surface area contributed by atoms with Crippen molar-refractivity contribution in [3.05, 3.63) is 0 Å². The van der Waals surface area contributed by atoms with E-state index in [1.807, 2.05) is 0 Å². The predicted molar refractivity (Wildman–Crippen MR) is 18.7 cm³/mol. The van der Waals surface area contributed by atoms with Crippen LogP contribution >= 0.6 is 9.90 Å². The fourth-order valence-corrected chi connectivity index (χ4v) is 0. The van der Waals surface area contributed by atoms with E-state index in [1.165, 1.54) is 0 Å². The largest absolute Gasteiger partial charge is 4.00 e. The third-order valence-corrected chi connectivity index (χ3v) is 0. The molecular formula is H6GdO5PTi. The van der Waals surface area contributed by atoms with Gasteiger partial charge in [-0.15, -0.1) is 0 Å². The van der Waals surface area contributed by atoms with Crippen LogP contribution in [0.25, 0.3) is 0 Å². The monoisotopic (exact) mass is 323 g/mol. The standard InChI is InChI=1S/Gd.2H2O.3O.H3P.Ti/h;2*1H2;;;;1H3;/q+3;;;3*-2;;+4/p-1. The van der Waals surface area contributed by atoms with E-state index in [1.54, 1.807) is 0 Å². The summed E-state index contributed by atoms with van der Waals surface area (Å²) in [5.74, 6) is 0. The van der Waals surface area contributed by atoms with Gasteiger partial charge in [-0.25, -0.2) is 0 Å². The third-order valence-electron chi connectivity index (χ3n) is 0. The van der Waals surface area contributed by atoms with Crippen molar-refractivity contribution in [1.82, 2.24) is 0 Å². The van der Waals surface area contributed by atoms with Crippen molar-refractivity contribution in [3.63, 3.8) is 0 Å². The molecule has 0 saturated carbocycles. The summed E-state index contributed by atoms with van der Waals surface area (Å²) >= 11 is 0. The molecule has 0 aromatic rings. The maximum Gasteiger partial charge on any atom is 4.00 e. The zero-order valence-corrected chi connectivity index (χ0v) is 8.98. The summed E-state index contributed by atoms with van der Waals surface area (Å²) in [7, 11) is 0. The molecule has 0 bridgehead atoms. The van der Waals surface area contributed by atoms with Gasteiger partial charge in [0.2, 0.25) is 0 Å². The number of rotatable bonds is 0. The maximum atomic E-state index is 0. The van der Waals surface area contributed by atoms with Crippen molar-refractivity contribution >= 4 is 9.90 Å². The van der Waals surface area contributed by atoms with Crippen LogP contribution < -0.4 is 0 Å². The van der Waals surface area contributed by atoms with Crippen LogP contribution in [0.3, 0.4) is 0 Å². The molecule has 0 aliphatic carbocycles. The second-order valence-corrected chi connectivity index (χ2v) is 0. The molecule has 53 valence electrons. The van der Waals surface area contributed by atoms with Crippen LogP contribution in [0.15, 0.2) is 0 Å². The van der Waals surface area contributed by atoms with Gasteiger partial charge in [-0.3, -0.25) is 0 Å². The van der Waals surface area contributed by atoms with Crippen molar-refractivity contribution in [1.29, 1.82) is 0 Å². The van der Waals surface area contributed by atoms with Crippen LogP contribution in [0.1, 0.15) is 0 Å². The van der Waals surface area contributed by atoms with Gasteiger partial charge in [-0.05, 0) is 0 Å². The van der Waals surface area contributed by atoms with Gasteiger partial charge in [-0.2, -0.15) is 9.90 Å². The Labute approximate surface area is 97.7 Å². The first-order valence-electron chi connectivity index (χ1n) is 0. The summed E-state index contributed by atoms with van der Waals surface area (Å²) in [5, 5.41) is 0. The zero-order valence-electron chi connectivity index (χ0n) is 3.73. The Hall–Kier alpha value is 2.27. The van der Waals surface area contributed by atoms with Gasteiger partial charge in [-0.1, -0.05) is 0 Å². The molecule has 0 amide bonds. The molecule has 0 aliphatic heterocycles. The van der Waals surface area contributed by atoms with Crippen LogP contribution in [0.2, 0.25) is 0 Å². The van der Waals surface area contributed by atoms with E-state index in [0.29, 0.717) is 0 Å². The van der Waals surface area contributed by atoms with E-state index >= 15 is 0 Å². The van der Waals surface area contributed by atoms with Crippen molar-refractivity contribution in [2.45, 2.75) is 0 Å². The molecule has 1 radical (unpaired) electrons. The third kappa shape index (κ3) is 84.9. The molecule has 0 rings (SSSR count). The van der Waals surface area contributed by atoms with Crippen molar-refractivity contribution < 1.29 is 89.0 Å². The first-order chi connectivity index (χ1) is 0. The summed E-state index contributed by atoms with van der Waals surface area (Å²) in [6.45, 7) is 0. The molecule has 1 unspecified atom stereocenters. The Morgan fingerprint density at radius 2 is 0.750 bits per heavy atom. The average molecular weight is 322 g/mol. The van der Waals surface area contributed by atoms with Crippen LogP contribution in [0, 0.1) is 39.9 Å². The molecule has 0 heterocycles. The van der Waals surface area contributed by atoms with Gasteiger partial charge in [0.05, 0.1) is 0 Å². The van der Waals surface area contributed by atoms with Gasteiger partial charge in [0.15, 0.2) is 0 Å². The van der Waals surface area contributed by atoms with E-state index in [2.05, 4.69) is 0 Å². The van der Waals surface area contributed by atoms with Crippen molar-refractivity contribution in [3.8, 4) is 0 Å². The quantitative estimate of drug-likeness (QED) is 0.396. The Balaban J connectivity index is 0. The molecule has 0 spiro atoms. The summed E-state index contributed by atoms with van der Waals surface area (Å²) in [6, 6.07) is 0. The van der Waals surface area contributed by atoms with Crippen molar-refractivity contribution in [2.24, 2.45) is 0 Å². The minimum absolute atomic E-state index is 0. The molecule has 0 saturated heterocycles. The van der Waals surface area contributed by atoms with E-state index in [-0.39, 0.29) is 98.9 Å². The summed E-state index contributed by atoms with van der Waals surface area (Å²) < 4.78 is 0. The molecule has 8 heteroatoms. The van der Waals surface area contributed by atoms with E-state index in [9.17, 15) is 0 Å². The van der Waals surface area contributed by atoms with Crippen LogP contribution in [-0.4, -0.2) is 11.0 Å². The molecule has 0 aliphatic rings. The number of hydrogen-bond acceptors (Lipinski definition) is 1. The SMILES string of the molecule is O.P.[Gd+3].[O-2].[O-2].[O-2].[OH-].[Ti+4]. The second kappa shape index (κ2) is 123. The van der Waals surface area contributed by atoms with Crippen LogP contribution in [0.5, 0.6) is 0 Å². The summed E-state index contributed by atoms with van der Waals surface area (Å²) in [6.07, 6.45) is 0. The number of hydrogen-bond donors (Lipinski definition) is 0. The van der Waals surface area contributed by atoms with Gasteiger partial charge in [0.25, 0.3) is 0 Å². The maximum absolute atomic E-state index is 0. The normalized spacial score (nSPS) is 0. The molecule has 0 aromatic carbocycles. The summed E-state index contributed by atoms with van der Waals surface area (Å²) in [5.41, 5.74) is 0. The topological polar surface area (TPSA) is 147 Å². The Morgan fingerprint density at radius 3 is 0.750 bits per heavy atom. The molecule has 1 atom stereocenters. The second-order valence-electron chi connectivity index (χ2n) is 0. The first kappa shape index (κ1) is 171. The fraction of sp³-hybridized carbons (Fsp3) is 0. The van der Waals surface area contributed by atoms with Crippen molar-refractivity contribution in [2.75, 3.05) is 0 Å². The molecular weight excluding hydrogens is 316 g/mol. The Morgan fingerprint density at radius 1 is 0.750 bits per heavy atom. The van der Waals surface area contributed by atoms with E-state index in [4.69, 9.17) is 0 Å². The molecule has 3 N–H and O–H groups in total. The van der Waals surface area contributed by atoms with Gasteiger partial charge < -0.3 is 27.4 Å². The minimum atomic E-state index is 0. The zero-order chi connectivity index (χ0) is 0. The smallest absolute Gasteiger partial charge is 2.00 e. The van der Waals surface area contributed by atoms with Gasteiger partial charge in [0.1, 0.15) is 0 Å². The molecule has 8 heavy (non-hydrogen) atoms. The van der Waals surface area contributed by atoms with Crippen LogP contribution in [0.4, 0.5) is 0 Å². The molecule has 5 nitrogen and oxygen atoms in total. The first-order valence-corrected chi connectivity index (χ1v) is 0. The van der Waals surface area contributed by atoms with E-state index in [0.717, 1.165) is 0 Å². The summed E-state index contributed by atoms with van der Waals surface area (Å²) in [4.78, 5) is 0. The molecule has 0 aromatic heterocycles.